The molecule has 0 saturated carbocycles. The van der Waals surface area contributed by atoms with Crippen LogP contribution in [0.4, 0.5) is 5.69 Å². The lowest BCUT2D eigenvalue weighted by Gasteiger charge is -2.11. The molecule has 8 nitrogen and oxygen atoms in total. The number of carboxylic acid groups (broad SMARTS) is 1. The van der Waals surface area contributed by atoms with E-state index in [9.17, 15) is 9.59 Å². The highest BCUT2D eigenvalue weighted by Crippen LogP contribution is 2.31. The van der Waals surface area contributed by atoms with Gasteiger partial charge in [-0.15, -0.1) is 0 Å². The number of aromatic nitrogens is 1. The van der Waals surface area contributed by atoms with E-state index in [0.717, 1.165) is 5.56 Å². The van der Waals surface area contributed by atoms with E-state index in [4.69, 9.17) is 26.0 Å². The molecule has 1 heterocycles. The summed E-state index contributed by atoms with van der Waals surface area (Å²) < 4.78 is 10.9. The third kappa shape index (κ3) is 6.57. The molecular weight excluding hydrogens is 434 g/mol. The van der Waals surface area contributed by atoms with Gasteiger partial charge in [-0.3, -0.25) is 9.59 Å². The third-order valence-corrected chi connectivity index (χ3v) is 4.67. The van der Waals surface area contributed by atoms with Gasteiger partial charge in [0.25, 0.3) is 5.91 Å². The molecule has 2 aromatic carbocycles. The van der Waals surface area contributed by atoms with Crippen LogP contribution >= 0.6 is 11.6 Å². The van der Waals surface area contributed by atoms with Crippen molar-refractivity contribution in [3.63, 3.8) is 0 Å². The number of benzene rings is 2. The van der Waals surface area contributed by atoms with Gasteiger partial charge in [0, 0.05) is 30.4 Å². The number of halogens is 1. The first kappa shape index (κ1) is 23.3. The summed E-state index contributed by atoms with van der Waals surface area (Å²) in [6.45, 7) is 4.76. The first-order chi connectivity index (χ1) is 15.3. The quantitative estimate of drug-likeness (QED) is 0.381. The Morgan fingerprint density at radius 2 is 1.91 bits per heavy atom. The van der Waals surface area contributed by atoms with Crippen molar-refractivity contribution in [2.24, 2.45) is 0 Å². The van der Waals surface area contributed by atoms with E-state index in [0.29, 0.717) is 40.9 Å². The summed E-state index contributed by atoms with van der Waals surface area (Å²) in [6, 6.07) is 14.0. The van der Waals surface area contributed by atoms with Gasteiger partial charge in [-0.2, -0.15) is 0 Å². The lowest BCUT2D eigenvalue weighted by Crippen LogP contribution is -2.17. The van der Waals surface area contributed by atoms with Gasteiger partial charge in [-0.05, 0) is 49.7 Å². The molecule has 9 heteroatoms. The van der Waals surface area contributed by atoms with Crippen LogP contribution in [0.15, 0.2) is 53.1 Å². The number of amides is 1. The molecule has 0 spiro atoms. The first-order valence-corrected chi connectivity index (χ1v) is 10.5. The zero-order valence-electron chi connectivity index (χ0n) is 17.7. The fraction of sp³-hybridized carbons (Fsp3) is 0.261. The molecule has 1 aromatic heterocycles. The van der Waals surface area contributed by atoms with Crippen LogP contribution in [0.5, 0.6) is 5.75 Å². The number of anilines is 1. The maximum absolute atomic E-state index is 12.5. The second-order valence-corrected chi connectivity index (χ2v) is 7.77. The van der Waals surface area contributed by atoms with Crippen LogP contribution in [-0.2, 0) is 11.3 Å². The summed E-state index contributed by atoms with van der Waals surface area (Å²) in [7, 11) is 0. The molecule has 3 N–H and O–H groups in total. The zero-order valence-corrected chi connectivity index (χ0v) is 18.5. The topological polar surface area (TPSA) is 114 Å². The number of aliphatic carboxylic acids is 1. The minimum absolute atomic E-state index is 0.00110. The molecule has 0 bridgehead atoms. The molecule has 3 rings (SSSR count). The Labute approximate surface area is 190 Å². The van der Waals surface area contributed by atoms with Crippen LogP contribution in [0.2, 0.25) is 5.02 Å². The van der Waals surface area contributed by atoms with Crippen LogP contribution in [0.1, 0.15) is 36.3 Å². The Morgan fingerprint density at radius 1 is 1.16 bits per heavy atom. The molecule has 0 fully saturated rings. The normalized spacial score (nSPS) is 10.9. The van der Waals surface area contributed by atoms with Crippen LogP contribution in [0.3, 0.4) is 0 Å². The smallest absolute Gasteiger partial charge is 0.304 e. The maximum Gasteiger partial charge on any atom is 0.304 e. The second-order valence-electron chi connectivity index (χ2n) is 7.36. The van der Waals surface area contributed by atoms with E-state index in [-0.39, 0.29) is 18.2 Å². The molecule has 0 aliphatic carbocycles. The molecule has 0 aliphatic heterocycles. The van der Waals surface area contributed by atoms with Gasteiger partial charge >= 0.3 is 5.97 Å². The second kappa shape index (κ2) is 10.8. The summed E-state index contributed by atoms with van der Waals surface area (Å²) in [5.74, 6) is -0.260. The van der Waals surface area contributed by atoms with Gasteiger partial charge < -0.3 is 25.0 Å². The van der Waals surface area contributed by atoms with Crippen molar-refractivity contribution < 1.29 is 24.0 Å². The van der Waals surface area contributed by atoms with Crippen LogP contribution < -0.4 is 15.4 Å². The van der Waals surface area contributed by atoms with Crippen LogP contribution in [0, 0.1) is 0 Å². The van der Waals surface area contributed by atoms with Gasteiger partial charge in [0.1, 0.15) is 5.75 Å². The predicted octanol–water partition coefficient (Wildman–Crippen LogP) is 4.60. The molecule has 0 radical (unpaired) electrons. The molecule has 0 atom stereocenters. The molecular formula is C23H24ClN3O5. The highest BCUT2D eigenvalue weighted by molar-refractivity contribution is 6.32. The molecule has 168 valence electrons. The largest absolute Gasteiger partial charge is 0.489 e. The van der Waals surface area contributed by atoms with E-state index in [1.165, 1.54) is 0 Å². The minimum atomic E-state index is -0.841. The van der Waals surface area contributed by atoms with E-state index in [2.05, 4.69) is 15.8 Å². The lowest BCUT2D eigenvalue weighted by atomic mass is 10.1. The van der Waals surface area contributed by atoms with Crippen molar-refractivity contribution in [3.8, 4) is 17.1 Å². The van der Waals surface area contributed by atoms with E-state index in [1.807, 2.05) is 26.0 Å². The van der Waals surface area contributed by atoms with Gasteiger partial charge in [0.15, 0.2) is 11.5 Å². The van der Waals surface area contributed by atoms with Crippen molar-refractivity contribution in [2.75, 3.05) is 11.9 Å². The summed E-state index contributed by atoms with van der Waals surface area (Å²) in [4.78, 5) is 23.0. The number of ether oxygens (including phenoxy) is 1. The zero-order chi connectivity index (χ0) is 23.1. The molecule has 3 aromatic rings. The average Bonchev–Trinajstić information content (AvgIpc) is 3.24. The number of rotatable bonds is 10. The number of hydrogen-bond donors (Lipinski definition) is 3. The SMILES string of the molecule is CC(C)Oc1ccc(-c2cc(C(=O)Nc3ccc(CNCCC(=O)O)cc3)no2)cc1Cl. The number of hydrogen-bond acceptors (Lipinski definition) is 6. The summed E-state index contributed by atoms with van der Waals surface area (Å²) >= 11 is 6.27. The van der Waals surface area contributed by atoms with Crippen molar-refractivity contribution in [2.45, 2.75) is 32.9 Å². The van der Waals surface area contributed by atoms with Gasteiger partial charge in [-0.25, -0.2) is 0 Å². The van der Waals surface area contributed by atoms with Gasteiger partial charge in [0.2, 0.25) is 0 Å². The number of carbonyl (C=O) groups excluding carboxylic acids is 1. The van der Waals surface area contributed by atoms with Crippen molar-refractivity contribution in [1.29, 1.82) is 0 Å². The third-order valence-electron chi connectivity index (χ3n) is 4.38. The Morgan fingerprint density at radius 3 is 2.56 bits per heavy atom. The lowest BCUT2D eigenvalue weighted by molar-refractivity contribution is -0.136. The van der Waals surface area contributed by atoms with E-state index >= 15 is 0 Å². The molecule has 0 saturated heterocycles. The Bertz CT molecular complexity index is 1080. The van der Waals surface area contributed by atoms with Crippen molar-refractivity contribution >= 4 is 29.2 Å². The maximum atomic E-state index is 12.5. The number of carboxylic acids is 1. The summed E-state index contributed by atoms with van der Waals surface area (Å²) in [5.41, 5.74) is 2.39. The van der Waals surface area contributed by atoms with E-state index < -0.39 is 11.9 Å². The fourth-order valence-electron chi connectivity index (χ4n) is 2.85. The number of nitrogens with zero attached hydrogens (tertiary/aromatic N) is 1. The highest BCUT2D eigenvalue weighted by Gasteiger charge is 2.15. The van der Waals surface area contributed by atoms with Gasteiger partial charge in [-0.1, -0.05) is 28.9 Å². The summed E-state index contributed by atoms with van der Waals surface area (Å²) in [5, 5.41) is 18.7. The Hall–Kier alpha value is -3.36. The molecule has 32 heavy (non-hydrogen) atoms. The fourth-order valence-corrected chi connectivity index (χ4v) is 3.08. The highest BCUT2D eigenvalue weighted by atomic mass is 35.5. The number of nitrogens with one attached hydrogen (secondary N) is 2. The Balaban J connectivity index is 1.59. The van der Waals surface area contributed by atoms with Crippen molar-refractivity contribution in [3.05, 3.63) is 64.8 Å². The molecule has 1 amide bonds. The van der Waals surface area contributed by atoms with Gasteiger partial charge in [0.05, 0.1) is 17.5 Å². The Kier molecular flexibility index (Phi) is 7.86. The van der Waals surface area contributed by atoms with E-state index in [1.54, 1.807) is 36.4 Å². The minimum Gasteiger partial charge on any atom is -0.489 e. The average molecular weight is 458 g/mol. The molecule has 0 aliphatic rings. The van der Waals surface area contributed by atoms with Crippen LogP contribution in [-0.4, -0.2) is 34.8 Å². The van der Waals surface area contributed by atoms with Crippen molar-refractivity contribution in [1.82, 2.24) is 10.5 Å². The summed E-state index contributed by atoms with van der Waals surface area (Å²) in [6.07, 6.45) is 0.0665. The first-order valence-electron chi connectivity index (χ1n) is 10.1. The number of carbonyl (C=O) groups is 2. The monoisotopic (exact) mass is 457 g/mol. The predicted molar refractivity (Wildman–Crippen MR) is 121 cm³/mol. The van der Waals surface area contributed by atoms with Crippen LogP contribution in [0.25, 0.3) is 11.3 Å². The molecule has 0 unspecified atom stereocenters. The standard InChI is InChI=1S/C23H24ClN3O5/c1-14(2)31-20-8-5-16(11-18(20)24)21-12-19(27-32-21)23(30)26-17-6-3-15(4-7-17)13-25-10-9-22(28)29/h3-8,11-12,14,25H,9-10,13H2,1-2H3,(H,26,30)(H,28,29).